The average Bonchev–Trinajstić information content (AvgIpc) is 2.91. The minimum absolute atomic E-state index is 0.00728. The van der Waals surface area contributed by atoms with Gasteiger partial charge in [0.15, 0.2) is 5.82 Å². The molecule has 1 aromatic heterocycles. The second kappa shape index (κ2) is 9.92. The molecule has 0 radical (unpaired) electrons. The normalized spacial score (nSPS) is 16.4. The third kappa shape index (κ3) is 5.32. The summed E-state index contributed by atoms with van der Waals surface area (Å²) in [5.74, 6) is 0.299. The van der Waals surface area contributed by atoms with Crippen LogP contribution in [0, 0.1) is 0 Å². The van der Waals surface area contributed by atoms with Crippen molar-refractivity contribution in [2.45, 2.75) is 44.6 Å². The third-order valence-electron chi connectivity index (χ3n) is 6.85. The SMILES string of the molecule is O=C(c1cc(C(F)(F)F)cc(C(F)(F)F)c1)N1CCc2nc(-c3ccccc3)nc(N3CCCCC3)c2C1. The number of carbonyl (C=O) groups is 1. The molecule has 38 heavy (non-hydrogen) atoms. The number of rotatable bonds is 3. The summed E-state index contributed by atoms with van der Waals surface area (Å²) in [6.07, 6.45) is -6.76. The lowest BCUT2D eigenvalue weighted by atomic mass is 10.0. The van der Waals surface area contributed by atoms with Crippen molar-refractivity contribution >= 4 is 11.7 Å². The molecule has 1 amide bonds. The highest BCUT2D eigenvalue weighted by molar-refractivity contribution is 5.95. The van der Waals surface area contributed by atoms with E-state index >= 15 is 0 Å². The van der Waals surface area contributed by atoms with E-state index in [4.69, 9.17) is 9.97 Å². The van der Waals surface area contributed by atoms with Gasteiger partial charge in [-0.15, -0.1) is 0 Å². The fraction of sp³-hybridized carbons (Fsp3) is 0.370. The van der Waals surface area contributed by atoms with E-state index in [9.17, 15) is 31.1 Å². The van der Waals surface area contributed by atoms with Gasteiger partial charge in [-0.2, -0.15) is 26.3 Å². The number of aromatic nitrogens is 2. The molecule has 0 bridgehead atoms. The number of amides is 1. The van der Waals surface area contributed by atoms with Crippen LogP contribution in [0.2, 0.25) is 0 Å². The van der Waals surface area contributed by atoms with Crippen LogP contribution >= 0.6 is 0 Å². The van der Waals surface area contributed by atoms with E-state index in [1.807, 2.05) is 30.3 Å². The van der Waals surface area contributed by atoms with Crippen LogP contribution in [0.5, 0.6) is 0 Å². The first-order valence-corrected chi connectivity index (χ1v) is 12.3. The number of carbonyl (C=O) groups excluding carboxylic acids is 1. The third-order valence-corrected chi connectivity index (χ3v) is 6.85. The van der Waals surface area contributed by atoms with Gasteiger partial charge in [-0.1, -0.05) is 30.3 Å². The Kier molecular flexibility index (Phi) is 6.79. The first-order valence-electron chi connectivity index (χ1n) is 12.3. The Bertz CT molecular complexity index is 1300. The lowest BCUT2D eigenvalue weighted by Gasteiger charge is -2.35. The Morgan fingerprint density at radius 2 is 1.42 bits per heavy atom. The zero-order valence-corrected chi connectivity index (χ0v) is 20.2. The van der Waals surface area contributed by atoms with E-state index in [1.54, 1.807) is 0 Å². The molecule has 0 atom stereocenters. The molecule has 5 rings (SSSR count). The monoisotopic (exact) mass is 534 g/mol. The van der Waals surface area contributed by atoms with Crippen LogP contribution in [-0.4, -0.2) is 40.4 Å². The molecular weight excluding hydrogens is 510 g/mol. The minimum atomic E-state index is -5.03. The maximum atomic E-state index is 13.4. The highest BCUT2D eigenvalue weighted by Gasteiger charge is 2.38. The van der Waals surface area contributed by atoms with Crippen molar-refractivity contribution in [3.05, 3.63) is 76.5 Å². The van der Waals surface area contributed by atoms with Gasteiger partial charge in [0.1, 0.15) is 5.82 Å². The molecule has 0 aliphatic carbocycles. The van der Waals surface area contributed by atoms with Gasteiger partial charge in [0.2, 0.25) is 0 Å². The fourth-order valence-corrected chi connectivity index (χ4v) is 4.91. The molecule has 0 spiro atoms. The number of anilines is 1. The molecule has 3 aromatic rings. The molecule has 2 aliphatic rings. The van der Waals surface area contributed by atoms with Crippen molar-refractivity contribution < 1.29 is 31.1 Å². The summed E-state index contributed by atoms with van der Waals surface area (Å²) in [5, 5.41) is 0. The standard InChI is InChI=1S/C27H24F6N4O/c28-26(29,30)19-13-18(14-20(15-19)27(31,32)33)25(38)37-12-9-22-21(16-37)24(36-10-5-2-6-11-36)35-23(34-22)17-7-3-1-4-8-17/h1,3-4,7-8,13-15H,2,5-6,9-12,16H2. The van der Waals surface area contributed by atoms with Crippen LogP contribution in [-0.2, 0) is 25.3 Å². The van der Waals surface area contributed by atoms with Crippen LogP contribution in [0.25, 0.3) is 11.4 Å². The zero-order valence-electron chi connectivity index (χ0n) is 20.2. The Morgan fingerprint density at radius 3 is 2.03 bits per heavy atom. The molecule has 0 saturated carbocycles. The molecule has 2 aliphatic heterocycles. The van der Waals surface area contributed by atoms with Crippen molar-refractivity contribution in [3.8, 4) is 11.4 Å². The summed E-state index contributed by atoms with van der Waals surface area (Å²) >= 11 is 0. The molecule has 2 aromatic carbocycles. The number of hydrogen-bond acceptors (Lipinski definition) is 4. The van der Waals surface area contributed by atoms with E-state index in [-0.39, 0.29) is 19.2 Å². The molecule has 5 nitrogen and oxygen atoms in total. The predicted octanol–water partition coefficient (Wildman–Crippen LogP) is 6.37. The Morgan fingerprint density at radius 1 is 0.789 bits per heavy atom. The predicted molar refractivity (Wildman–Crippen MR) is 128 cm³/mol. The van der Waals surface area contributed by atoms with Crippen LogP contribution in [0.1, 0.15) is 52.0 Å². The van der Waals surface area contributed by atoms with E-state index in [0.29, 0.717) is 35.8 Å². The fourth-order valence-electron chi connectivity index (χ4n) is 4.91. The molecule has 3 heterocycles. The molecule has 1 fully saturated rings. The van der Waals surface area contributed by atoms with Gasteiger partial charge < -0.3 is 9.80 Å². The number of piperidine rings is 1. The lowest BCUT2D eigenvalue weighted by Crippen LogP contribution is -2.39. The van der Waals surface area contributed by atoms with E-state index in [2.05, 4.69) is 4.90 Å². The number of hydrogen-bond donors (Lipinski definition) is 0. The summed E-state index contributed by atoms with van der Waals surface area (Å²) in [5.41, 5.74) is -1.46. The second-order valence-electron chi connectivity index (χ2n) is 9.48. The van der Waals surface area contributed by atoms with Crippen molar-refractivity contribution in [1.29, 1.82) is 0 Å². The average molecular weight is 535 g/mol. The number of fused-ring (bicyclic) bond motifs is 1. The summed E-state index contributed by atoms with van der Waals surface area (Å²) in [7, 11) is 0. The van der Waals surface area contributed by atoms with Gasteiger partial charge in [0.05, 0.1) is 23.4 Å². The first kappa shape index (κ1) is 26.0. The summed E-state index contributed by atoms with van der Waals surface area (Å²) in [6, 6.07) is 10.4. The number of nitrogens with zero attached hydrogens (tertiary/aromatic N) is 4. The van der Waals surface area contributed by atoms with Crippen molar-refractivity contribution in [3.63, 3.8) is 0 Å². The second-order valence-corrected chi connectivity index (χ2v) is 9.48. The summed E-state index contributed by atoms with van der Waals surface area (Å²) in [6.45, 7) is 1.61. The van der Waals surface area contributed by atoms with Gasteiger partial charge in [0.25, 0.3) is 5.91 Å². The van der Waals surface area contributed by atoms with E-state index in [0.717, 1.165) is 43.6 Å². The molecule has 0 unspecified atom stereocenters. The Hall–Kier alpha value is -3.63. The Labute approximate surface area is 215 Å². The van der Waals surface area contributed by atoms with Crippen molar-refractivity contribution in [1.82, 2.24) is 14.9 Å². The highest BCUT2D eigenvalue weighted by atomic mass is 19.4. The van der Waals surface area contributed by atoms with E-state index < -0.39 is 35.0 Å². The maximum absolute atomic E-state index is 13.4. The summed E-state index contributed by atoms with van der Waals surface area (Å²) in [4.78, 5) is 26.2. The van der Waals surface area contributed by atoms with Gasteiger partial charge in [-0.25, -0.2) is 9.97 Å². The van der Waals surface area contributed by atoms with Gasteiger partial charge in [-0.05, 0) is 37.5 Å². The topological polar surface area (TPSA) is 49.3 Å². The maximum Gasteiger partial charge on any atom is 0.416 e. The quantitative estimate of drug-likeness (QED) is 0.367. The van der Waals surface area contributed by atoms with E-state index in [1.165, 1.54) is 4.90 Å². The smallest absolute Gasteiger partial charge is 0.356 e. The first-order chi connectivity index (χ1) is 18.0. The van der Waals surface area contributed by atoms with Crippen LogP contribution in [0.4, 0.5) is 32.2 Å². The molecule has 11 heteroatoms. The zero-order chi connectivity index (χ0) is 27.1. The number of halogens is 6. The highest BCUT2D eigenvalue weighted by Crippen LogP contribution is 2.37. The summed E-state index contributed by atoms with van der Waals surface area (Å²) < 4.78 is 80.2. The number of alkyl halides is 6. The van der Waals surface area contributed by atoms with Gasteiger partial charge >= 0.3 is 12.4 Å². The minimum Gasteiger partial charge on any atom is -0.356 e. The molecule has 1 saturated heterocycles. The van der Waals surface area contributed by atoms with Crippen LogP contribution in [0.15, 0.2) is 48.5 Å². The van der Waals surface area contributed by atoms with Crippen LogP contribution in [0.3, 0.4) is 0 Å². The largest absolute Gasteiger partial charge is 0.416 e. The van der Waals surface area contributed by atoms with Gasteiger partial charge in [0, 0.05) is 42.7 Å². The van der Waals surface area contributed by atoms with Crippen molar-refractivity contribution in [2.75, 3.05) is 24.5 Å². The van der Waals surface area contributed by atoms with Gasteiger partial charge in [-0.3, -0.25) is 4.79 Å². The molecule has 200 valence electrons. The molecular formula is C27H24F6N4O. The van der Waals surface area contributed by atoms with Crippen LogP contribution < -0.4 is 4.90 Å². The molecule has 0 N–H and O–H groups in total. The van der Waals surface area contributed by atoms with Crippen molar-refractivity contribution in [2.24, 2.45) is 0 Å². The number of benzene rings is 2. The Balaban J connectivity index is 1.52. The lowest BCUT2D eigenvalue weighted by molar-refractivity contribution is -0.143.